The van der Waals surface area contributed by atoms with Gasteiger partial charge >= 0.3 is 0 Å². The van der Waals surface area contributed by atoms with E-state index in [4.69, 9.17) is 4.74 Å². The molecule has 0 unspecified atom stereocenters. The van der Waals surface area contributed by atoms with Crippen molar-refractivity contribution in [1.29, 1.82) is 0 Å². The third-order valence-electron chi connectivity index (χ3n) is 2.11. The standard InChI is InChI=1S/C9H8BrFO2/c10-6-1-2-8(11)7(3-6)9(12)4-13-5-9/h1-3,12H,4-5H2. The summed E-state index contributed by atoms with van der Waals surface area (Å²) < 4.78 is 18.9. The van der Waals surface area contributed by atoms with Crippen LogP contribution in [0, 0.1) is 5.82 Å². The first-order chi connectivity index (χ1) is 6.12. The molecule has 4 heteroatoms. The van der Waals surface area contributed by atoms with Crippen molar-refractivity contribution in [1.82, 2.24) is 0 Å². The normalized spacial score (nSPS) is 19.6. The van der Waals surface area contributed by atoms with E-state index < -0.39 is 11.4 Å². The predicted molar refractivity (Wildman–Crippen MR) is 48.8 cm³/mol. The maximum Gasteiger partial charge on any atom is 0.139 e. The molecule has 1 fully saturated rings. The van der Waals surface area contributed by atoms with Gasteiger partial charge in [-0.3, -0.25) is 0 Å². The highest BCUT2D eigenvalue weighted by molar-refractivity contribution is 9.10. The van der Waals surface area contributed by atoms with Gasteiger partial charge in [0.1, 0.15) is 11.4 Å². The molecule has 0 bridgehead atoms. The van der Waals surface area contributed by atoms with Crippen LogP contribution in [0.25, 0.3) is 0 Å². The van der Waals surface area contributed by atoms with Gasteiger partial charge in [0.25, 0.3) is 0 Å². The van der Waals surface area contributed by atoms with Crippen molar-refractivity contribution in [2.45, 2.75) is 5.60 Å². The molecule has 2 rings (SSSR count). The van der Waals surface area contributed by atoms with Crippen molar-refractivity contribution in [3.8, 4) is 0 Å². The molecular weight excluding hydrogens is 239 g/mol. The van der Waals surface area contributed by atoms with Crippen molar-refractivity contribution in [3.05, 3.63) is 34.1 Å². The lowest BCUT2D eigenvalue weighted by atomic mass is 9.92. The molecule has 0 saturated carbocycles. The van der Waals surface area contributed by atoms with Crippen LogP contribution in [0.5, 0.6) is 0 Å². The number of rotatable bonds is 1. The Hall–Kier alpha value is -0.450. The Balaban J connectivity index is 2.43. The summed E-state index contributed by atoms with van der Waals surface area (Å²) in [5.41, 5.74) is -0.832. The lowest BCUT2D eigenvalue weighted by Crippen LogP contribution is -2.47. The molecule has 1 aromatic carbocycles. The van der Waals surface area contributed by atoms with Crippen molar-refractivity contribution < 1.29 is 14.2 Å². The first-order valence-corrected chi connectivity index (χ1v) is 4.67. The zero-order valence-corrected chi connectivity index (χ0v) is 8.34. The molecule has 70 valence electrons. The maximum atomic E-state index is 13.2. The second-order valence-electron chi connectivity index (χ2n) is 3.15. The monoisotopic (exact) mass is 246 g/mol. The molecule has 0 atom stereocenters. The summed E-state index contributed by atoms with van der Waals surface area (Å²) >= 11 is 3.22. The fourth-order valence-corrected chi connectivity index (χ4v) is 1.67. The average molecular weight is 247 g/mol. The van der Waals surface area contributed by atoms with E-state index in [2.05, 4.69) is 15.9 Å². The molecule has 1 N–H and O–H groups in total. The smallest absolute Gasteiger partial charge is 0.139 e. The van der Waals surface area contributed by atoms with Gasteiger partial charge in [0.2, 0.25) is 0 Å². The second-order valence-corrected chi connectivity index (χ2v) is 4.06. The zero-order valence-electron chi connectivity index (χ0n) is 6.76. The molecule has 1 saturated heterocycles. The van der Waals surface area contributed by atoms with Crippen molar-refractivity contribution >= 4 is 15.9 Å². The van der Waals surface area contributed by atoms with E-state index in [1.54, 1.807) is 12.1 Å². The van der Waals surface area contributed by atoms with Crippen LogP contribution in [0.4, 0.5) is 4.39 Å². The Bertz CT molecular complexity index is 336. The van der Waals surface area contributed by atoms with Crippen LogP contribution < -0.4 is 0 Å². The summed E-state index contributed by atoms with van der Waals surface area (Å²) in [6.07, 6.45) is 0. The van der Waals surface area contributed by atoms with Gasteiger partial charge in [0.05, 0.1) is 13.2 Å². The number of ether oxygens (including phenoxy) is 1. The van der Waals surface area contributed by atoms with E-state index in [0.717, 1.165) is 4.47 Å². The molecular formula is C9H8BrFO2. The topological polar surface area (TPSA) is 29.5 Å². The highest BCUT2D eigenvalue weighted by Gasteiger charge is 2.40. The van der Waals surface area contributed by atoms with E-state index in [1.165, 1.54) is 6.07 Å². The summed E-state index contributed by atoms with van der Waals surface area (Å²) in [5.74, 6) is -0.394. The minimum atomic E-state index is -1.13. The lowest BCUT2D eigenvalue weighted by molar-refractivity contribution is -0.186. The zero-order chi connectivity index (χ0) is 9.47. The van der Waals surface area contributed by atoms with Crippen LogP contribution in [0.3, 0.4) is 0 Å². The fourth-order valence-electron chi connectivity index (χ4n) is 1.31. The molecule has 1 aromatic rings. The minimum absolute atomic E-state index is 0.167. The van der Waals surface area contributed by atoms with Gasteiger partial charge in [0.15, 0.2) is 0 Å². The predicted octanol–water partition coefficient (Wildman–Crippen LogP) is 1.81. The first kappa shape index (κ1) is 9.12. The van der Waals surface area contributed by atoms with Crippen molar-refractivity contribution in [2.24, 2.45) is 0 Å². The highest BCUT2D eigenvalue weighted by atomic mass is 79.9. The summed E-state index contributed by atoms with van der Waals surface area (Å²) in [6, 6.07) is 4.51. The van der Waals surface area contributed by atoms with E-state index in [-0.39, 0.29) is 13.2 Å². The van der Waals surface area contributed by atoms with Crippen LogP contribution >= 0.6 is 15.9 Å². The van der Waals surface area contributed by atoms with E-state index in [0.29, 0.717) is 5.56 Å². The largest absolute Gasteiger partial charge is 0.380 e. The number of benzene rings is 1. The van der Waals surface area contributed by atoms with Gasteiger partial charge in [-0.25, -0.2) is 4.39 Å². The quantitative estimate of drug-likeness (QED) is 0.819. The van der Waals surface area contributed by atoms with Gasteiger partial charge in [-0.15, -0.1) is 0 Å². The van der Waals surface area contributed by atoms with Gasteiger partial charge in [-0.05, 0) is 18.2 Å². The summed E-state index contributed by atoms with van der Waals surface area (Å²) in [7, 11) is 0. The molecule has 1 aliphatic heterocycles. The van der Waals surface area contributed by atoms with Gasteiger partial charge < -0.3 is 9.84 Å². The van der Waals surface area contributed by atoms with Crippen LogP contribution in [-0.4, -0.2) is 18.3 Å². The Kier molecular flexibility index (Phi) is 2.14. The molecule has 0 radical (unpaired) electrons. The van der Waals surface area contributed by atoms with Crippen molar-refractivity contribution in [3.63, 3.8) is 0 Å². The Morgan fingerprint density at radius 1 is 1.46 bits per heavy atom. The summed E-state index contributed by atoms with van der Waals surface area (Å²) in [6.45, 7) is 0.334. The van der Waals surface area contributed by atoms with Crippen LogP contribution in [0.2, 0.25) is 0 Å². The average Bonchev–Trinajstić information content (AvgIpc) is 2.05. The van der Waals surface area contributed by atoms with Crippen LogP contribution in [0.15, 0.2) is 22.7 Å². The number of hydrogen-bond donors (Lipinski definition) is 1. The fraction of sp³-hybridized carbons (Fsp3) is 0.333. The SMILES string of the molecule is OC1(c2cc(Br)ccc2F)COC1. The van der Waals surface area contributed by atoms with Crippen molar-refractivity contribution in [2.75, 3.05) is 13.2 Å². The third-order valence-corrected chi connectivity index (χ3v) is 2.60. The number of hydrogen-bond acceptors (Lipinski definition) is 2. The number of halogens is 2. The second kappa shape index (κ2) is 3.04. The summed E-state index contributed by atoms with van der Waals surface area (Å²) in [5, 5.41) is 9.80. The van der Waals surface area contributed by atoms with Crippen LogP contribution in [-0.2, 0) is 10.3 Å². The third kappa shape index (κ3) is 1.49. The van der Waals surface area contributed by atoms with Gasteiger partial charge in [-0.1, -0.05) is 15.9 Å². The van der Waals surface area contributed by atoms with Gasteiger partial charge in [0, 0.05) is 10.0 Å². The molecule has 2 nitrogen and oxygen atoms in total. The van der Waals surface area contributed by atoms with E-state index >= 15 is 0 Å². The molecule has 0 amide bonds. The Labute approximate surface area is 83.5 Å². The maximum absolute atomic E-state index is 13.2. The molecule has 0 spiro atoms. The Morgan fingerprint density at radius 2 is 2.15 bits per heavy atom. The molecule has 0 aromatic heterocycles. The summed E-state index contributed by atoms with van der Waals surface area (Å²) in [4.78, 5) is 0. The molecule has 1 aliphatic rings. The van der Waals surface area contributed by atoms with Gasteiger partial charge in [-0.2, -0.15) is 0 Å². The number of aliphatic hydroxyl groups is 1. The molecule has 0 aliphatic carbocycles. The lowest BCUT2D eigenvalue weighted by Gasteiger charge is -2.36. The first-order valence-electron chi connectivity index (χ1n) is 3.87. The van der Waals surface area contributed by atoms with Crippen LogP contribution in [0.1, 0.15) is 5.56 Å². The minimum Gasteiger partial charge on any atom is -0.380 e. The Morgan fingerprint density at radius 3 is 2.69 bits per heavy atom. The highest BCUT2D eigenvalue weighted by Crippen LogP contribution is 2.32. The van der Waals surface area contributed by atoms with E-state index in [1.807, 2.05) is 0 Å². The van der Waals surface area contributed by atoms with E-state index in [9.17, 15) is 9.50 Å². The molecule has 13 heavy (non-hydrogen) atoms. The molecule has 1 heterocycles.